The van der Waals surface area contributed by atoms with Gasteiger partial charge in [-0.3, -0.25) is 0 Å². The normalized spacial score (nSPS) is 18.6. The molecule has 3 heterocycles. The van der Waals surface area contributed by atoms with Crippen LogP contribution < -0.4 is 10.2 Å². The van der Waals surface area contributed by atoms with Crippen molar-refractivity contribution in [3.63, 3.8) is 0 Å². The number of nitrogens with zero attached hydrogens (tertiary/aromatic N) is 3. The van der Waals surface area contributed by atoms with Crippen molar-refractivity contribution >= 4 is 17.2 Å². The van der Waals surface area contributed by atoms with E-state index in [1.807, 2.05) is 17.4 Å². The molecule has 2 aromatic rings. The van der Waals surface area contributed by atoms with E-state index in [9.17, 15) is 0 Å². The van der Waals surface area contributed by atoms with E-state index < -0.39 is 0 Å². The molecule has 0 aromatic carbocycles. The lowest BCUT2D eigenvalue weighted by molar-refractivity contribution is 0.571. The molecule has 0 saturated carbocycles. The summed E-state index contributed by atoms with van der Waals surface area (Å²) in [6.07, 6.45) is 4.19. The lowest BCUT2D eigenvalue weighted by atomic mass is 10.2. The standard InChI is InChI=1S/C15H20N4S/c1-12-6-9-20-14(12)11-16-10-13-4-3-8-19(13)15-5-2-7-17-18-15/h2,5-7,9,13,16H,3-4,8,10-11H2,1H3/t13-/m1/s1. The van der Waals surface area contributed by atoms with E-state index in [2.05, 4.69) is 44.9 Å². The Kier molecular flexibility index (Phi) is 4.28. The van der Waals surface area contributed by atoms with E-state index >= 15 is 0 Å². The molecule has 0 bridgehead atoms. The summed E-state index contributed by atoms with van der Waals surface area (Å²) in [5.74, 6) is 1.00. The topological polar surface area (TPSA) is 41.0 Å². The molecule has 0 spiro atoms. The van der Waals surface area contributed by atoms with Gasteiger partial charge in [0.15, 0.2) is 5.82 Å². The molecule has 1 aliphatic heterocycles. The van der Waals surface area contributed by atoms with E-state index in [1.54, 1.807) is 6.20 Å². The Morgan fingerprint density at radius 2 is 2.40 bits per heavy atom. The summed E-state index contributed by atoms with van der Waals surface area (Å²) < 4.78 is 0. The summed E-state index contributed by atoms with van der Waals surface area (Å²) in [5.41, 5.74) is 1.39. The van der Waals surface area contributed by atoms with Crippen LogP contribution in [-0.4, -0.2) is 29.3 Å². The Bertz CT molecular complexity index is 540. The maximum atomic E-state index is 4.23. The summed E-state index contributed by atoms with van der Waals surface area (Å²) in [6, 6.07) is 6.73. The third-order valence-electron chi connectivity index (χ3n) is 3.86. The molecule has 106 valence electrons. The average molecular weight is 288 g/mol. The smallest absolute Gasteiger partial charge is 0.151 e. The van der Waals surface area contributed by atoms with Crippen LogP contribution >= 0.6 is 11.3 Å². The van der Waals surface area contributed by atoms with Crippen molar-refractivity contribution in [1.82, 2.24) is 15.5 Å². The average Bonchev–Trinajstić information content (AvgIpc) is 3.10. The number of anilines is 1. The third kappa shape index (κ3) is 2.99. The molecular weight excluding hydrogens is 268 g/mol. The van der Waals surface area contributed by atoms with Crippen LogP contribution in [0.4, 0.5) is 5.82 Å². The highest BCUT2D eigenvalue weighted by atomic mass is 32.1. The lowest BCUT2D eigenvalue weighted by Crippen LogP contribution is -2.38. The fourth-order valence-corrected chi connectivity index (χ4v) is 3.61. The highest BCUT2D eigenvalue weighted by Gasteiger charge is 2.25. The van der Waals surface area contributed by atoms with Crippen LogP contribution in [0, 0.1) is 6.92 Å². The van der Waals surface area contributed by atoms with Gasteiger partial charge in [0.25, 0.3) is 0 Å². The quantitative estimate of drug-likeness (QED) is 0.918. The van der Waals surface area contributed by atoms with Crippen molar-refractivity contribution in [3.8, 4) is 0 Å². The van der Waals surface area contributed by atoms with Gasteiger partial charge in [-0.1, -0.05) is 0 Å². The zero-order valence-electron chi connectivity index (χ0n) is 11.7. The first-order valence-electron chi connectivity index (χ1n) is 7.12. The van der Waals surface area contributed by atoms with Crippen LogP contribution in [0.3, 0.4) is 0 Å². The van der Waals surface area contributed by atoms with Gasteiger partial charge >= 0.3 is 0 Å². The molecule has 4 nitrogen and oxygen atoms in total. The molecule has 1 saturated heterocycles. The zero-order chi connectivity index (χ0) is 13.8. The van der Waals surface area contributed by atoms with E-state index in [1.165, 1.54) is 23.3 Å². The number of thiophene rings is 1. The molecule has 0 amide bonds. The van der Waals surface area contributed by atoms with Gasteiger partial charge < -0.3 is 10.2 Å². The Labute approximate surface area is 123 Å². The van der Waals surface area contributed by atoms with E-state index in [0.29, 0.717) is 6.04 Å². The SMILES string of the molecule is Cc1ccsc1CNC[C@H]1CCCN1c1cccnn1. The zero-order valence-corrected chi connectivity index (χ0v) is 12.6. The van der Waals surface area contributed by atoms with Gasteiger partial charge in [-0.15, -0.1) is 16.4 Å². The summed E-state index contributed by atoms with van der Waals surface area (Å²) in [7, 11) is 0. The van der Waals surface area contributed by atoms with Gasteiger partial charge in [0, 0.05) is 36.8 Å². The molecule has 2 aromatic heterocycles. The fraction of sp³-hybridized carbons (Fsp3) is 0.467. The second-order valence-electron chi connectivity index (χ2n) is 5.23. The van der Waals surface area contributed by atoms with Gasteiger partial charge in [0.05, 0.1) is 0 Å². The van der Waals surface area contributed by atoms with Gasteiger partial charge in [-0.05, 0) is 48.9 Å². The molecule has 5 heteroatoms. The van der Waals surface area contributed by atoms with Crippen LogP contribution in [-0.2, 0) is 6.54 Å². The number of rotatable bonds is 5. The van der Waals surface area contributed by atoms with Gasteiger partial charge in [0.1, 0.15) is 0 Å². The summed E-state index contributed by atoms with van der Waals surface area (Å²) in [4.78, 5) is 3.82. The molecule has 1 N–H and O–H groups in total. The predicted octanol–water partition coefficient (Wildman–Crippen LogP) is 2.61. The molecule has 3 rings (SSSR count). The van der Waals surface area contributed by atoms with Crippen molar-refractivity contribution in [1.29, 1.82) is 0 Å². The Hall–Kier alpha value is -1.46. The van der Waals surface area contributed by atoms with Crippen molar-refractivity contribution in [2.24, 2.45) is 0 Å². The molecule has 0 aliphatic carbocycles. The molecule has 0 radical (unpaired) electrons. The number of aromatic nitrogens is 2. The maximum absolute atomic E-state index is 4.23. The minimum atomic E-state index is 0.534. The highest BCUT2D eigenvalue weighted by molar-refractivity contribution is 7.10. The minimum absolute atomic E-state index is 0.534. The lowest BCUT2D eigenvalue weighted by Gasteiger charge is -2.25. The molecule has 1 aliphatic rings. The second-order valence-corrected chi connectivity index (χ2v) is 6.23. The molecular formula is C15H20N4S. The Morgan fingerprint density at radius 3 is 3.15 bits per heavy atom. The van der Waals surface area contributed by atoms with Crippen molar-refractivity contribution < 1.29 is 0 Å². The predicted molar refractivity (Wildman–Crippen MR) is 83.2 cm³/mol. The van der Waals surface area contributed by atoms with Crippen LogP contribution in [0.5, 0.6) is 0 Å². The van der Waals surface area contributed by atoms with Gasteiger partial charge in [-0.2, -0.15) is 5.10 Å². The monoisotopic (exact) mass is 288 g/mol. The van der Waals surface area contributed by atoms with Crippen LogP contribution in [0.25, 0.3) is 0 Å². The largest absolute Gasteiger partial charge is 0.351 e. The number of nitrogens with one attached hydrogen (secondary N) is 1. The number of aryl methyl sites for hydroxylation is 1. The van der Waals surface area contributed by atoms with E-state index in [-0.39, 0.29) is 0 Å². The molecule has 1 atom stereocenters. The number of hydrogen-bond donors (Lipinski definition) is 1. The highest BCUT2D eigenvalue weighted by Crippen LogP contribution is 2.22. The summed E-state index contributed by atoms with van der Waals surface area (Å²) in [6.45, 7) is 5.24. The first-order chi connectivity index (χ1) is 9.84. The maximum Gasteiger partial charge on any atom is 0.151 e. The minimum Gasteiger partial charge on any atom is -0.351 e. The van der Waals surface area contributed by atoms with E-state index in [0.717, 1.165) is 25.5 Å². The van der Waals surface area contributed by atoms with Gasteiger partial charge in [0.2, 0.25) is 0 Å². The summed E-state index contributed by atoms with van der Waals surface area (Å²) >= 11 is 1.83. The first-order valence-corrected chi connectivity index (χ1v) is 8.00. The van der Waals surface area contributed by atoms with Crippen LogP contribution in [0.1, 0.15) is 23.3 Å². The molecule has 0 unspecified atom stereocenters. The van der Waals surface area contributed by atoms with Crippen molar-refractivity contribution in [2.45, 2.75) is 32.4 Å². The van der Waals surface area contributed by atoms with E-state index in [4.69, 9.17) is 0 Å². The van der Waals surface area contributed by atoms with Crippen molar-refractivity contribution in [3.05, 3.63) is 40.2 Å². The fourth-order valence-electron chi connectivity index (χ4n) is 2.73. The Balaban J connectivity index is 1.56. The Morgan fingerprint density at radius 1 is 1.45 bits per heavy atom. The molecule has 1 fully saturated rings. The number of hydrogen-bond acceptors (Lipinski definition) is 5. The van der Waals surface area contributed by atoms with Crippen molar-refractivity contribution in [2.75, 3.05) is 18.0 Å². The van der Waals surface area contributed by atoms with Gasteiger partial charge in [-0.25, -0.2) is 0 Å². The second kappa shape index (κ2) is 6.33. The molecule has 20 heavy (non-hydrogen) atoms. The first kappa shape index (κ1) is 13.5. The third-order valence-corrected chi connectivity index (χ3v) is 4.89. The van der Waals surface area contributed by atoms with Crippen LogP contribution in [0.15, 0.2) is 29.8 Å². The van der Waals surface area contributed by atoms with Crippen LogP contribution in [0.2, 0.25) is 0 Å². The summed E-state index contributed by atoms with van der Waals surface area (Å²) in [5, 5.41) is 14.0.